The molecule has 0 saturated carbocycles. The number of halogens is 1. The quantitative estimate of drug-likeness (QED) is 0.332. The summed E-state index contributed by atoms with van der Waals surface area (Å²) < 4.78 is 10.8. The van der Waals surface area contributed by atoms with Crippen LogP contribution in [-0.4, -0.2) is 25.1 Å². The van der Waals surface area contributed by atoms with E-state index in [1.54, 1.807) is 48.5 Å². The van der Waals surface area contributed by atoms with Gasteiger partial charge in [-0.15, -0.1) is 0 Å². The van der Waals surface area contributed by atoms with Crippen LogP contribution in [-0.2, 0) is 16.2 Å². The first kappa shape index (κ1) is 21.9. The van der Waals surface area contributed by atoms with Crippen molar-refractivity contribution in [2.45, 2.75) is 6.61 Å². The lowest BCUT2D eigenvalue weighted by Crippen LogP contribution is -2.32. The van der Waals surface area contributed by atoms with E-state index < -0.39 is 11.8 Å². The first-order chi connectivity index (χ1) is 15.0. The molecule has 2 amide bonds. The molecule has 7 nitrogen and oxygen atoms in total. The number of benzene rings is 3. The van der Waals surface area contributed by atoms with Crippen LogP contribution in [0.2, 0.25) is 5.02 Å². The molecule has 0 aromatic heterocycles. The number of carbonyl (C=O) groups is 2. The molecule has 0 atom stereocenters. The molecule has 0 aliphatic rings. The minimum atomic E-state index is -0.887. The van der Waals surface area contributed by atoms with Crippen molar-refractivity contribution >= 4 is 35.3 Å². The van der Waals surface area contributed by atoms with E-state index in [9.17, 15) is 9.59 Å². The second-order valence-electron chi connectivity index (χ2n) is 6.37. The van der Waals surface area contributed by atoms with Crippen molar-refractivity contribution in [1.82, 2.24) is 5.43 Å². The number of carbonyl (C=O) groups excluding carboxylic acids is 2. The minimum absolute atomic E-state index is 0.420. The topological polar surface area (TPSA) is 89.0 Å². The standard InChI is InChI=1S/C23H20ClN3O4/c1-30-21-4-2-3-19(13-21)26-22(28)23(29)27-25-14-16-7-11-20(12-8-16)31-15-17-5-9-18(24)10-6-17/h2-14H,15H2,1H3,(H,26,28)(H,27,29)/b25-14+. The maximum Gasteiger partial charge on any atom is 0.329 e. The zero-order valence-corrected chi connectivity index (χ0v) is 17.4. The van der Waals surface area contributed by atoms with Crippen LogP contribution in [0.1, 0.15) is 11.1 Å². The Bertz CT molecular complexity index is 1070. The average molecular weight is 438 g/mol. The molecule has 31 heavy (non-hydrogen) atoms. The molecule has 0 bridgehead atoms. The number of nitrogens with zero attached hydrogens (tertiary/aromatic N) is 1. The van der Waals surface area contributed by atoms with Crippen LogP contribution in [0.4, 0.5) is 5.69 Å². The van der Waals surface area contributed by atoms with E-state index in [1.165, 1.54) is 13.3 Å². The largest absolute Gasteiger partial charge is 0.497 e. The maximum absolute atomic E-state index is 11.9. The van der Waals surface area contributed by atoms with Gasteiger partial charge in [-0.25, -0.2) is 5.43 Å². The normalized spacial score (nSPS) is 10.5. The van der Waals surface area contributed by atoms with Gasteiger partial charge in [0.25, 0.3) is 0 Å². The number of rotatable bonds is 7. The Kier molecular flexibility index (Phi) is 7.61. The second-order valence-corrected chi connectivity index (χ2v) is 6.81. The third-order valence-corrected chi connectivity index (χ3v) is 4.36. The van der Waals surface area contributed by atoms with Gasteiger partial charge in [-0.05, 0) is 59.7 Å². The molecule has 2 N–H and O–H groups in total. The van der Waals surface area contributed by atoms with Gasteiger partial charge >= 0.3 is 11.8 Å². The lowest BCUT2D eigenvalue weighted by molar-refractivity contribution is -0.136. The van der Waals surface area contributed by atoms with Crippen LogP contribution >= 0.6 is 11.6 Å². The summed E-state index contributed by atoms with van der Waals surface area (Å²) in [6.07, 6.45) is 1.43. The molecule has 0 unspecified atom stereocenters. The first-order valence-electron chi connectivity index (χ1n) is 9.29. The van der Waals surface area contributed by atoms with Crippen LogP contribution in [0.25, 0.3) is 0 Å². The summed E-state index contributed by atoms with van der Waals surface area (Å²) in [5, 5.41) is 6.96. The summed E-state index contributed by atoms with van der Waals surface area (Å²) in [5.74, 6) is -0.469. The number of anilines is 1. The number of amides is 2. The van der Waals surface area contributed by atoms with Crippen LogP contribution < -0.4 is 20.2 Å². The summed E-state index contributed by atoms with van der Waals surface area (Å²) in [7, 11) is 1.51. The molecule has 8 heteroatoms. The Balaban J connectivity index is 1.46. The molecule has 0 radical (unpaired) electrons. The van der Waals surface area contributed by atoms with Crippen molar-refractivity contribution in [3.05, 3.63) is 88.9 Å². The molecule has 0 spiro atoms. The van der Waals surface area contributed by atoms with E-state index in [4.69, 9.17) is 21.1 Å². The van der Waals surface area contributed by atoms with Crippen LogP contribution in [0, 0.1) is 0 Å². The monoisotopic (exact) mass is 437 g/mol. The highest BCUT2D eigenvalue weighted by molar-refractivity contribution is 6.39. The fourth-order valence-electron chi connectivity index (χ4n) is 2.50. The van der Waals surface area contributed by atoms with Crippen molar-refractivity contribution in [3.8, 4) is 11.5 Å². The fourth-order valence-corrected chi connectivity index (χ4v) is 2.63. The molecule has 0 heterocycles. The highest BCUT2D eigenvalue weighted by Gasteiger charge is 2.13. The van der Waals surface area contributed by atoms with Gasteiger partial charge in [0, 0.05) is 16.8 Å². The van der Waals surface area contributed by atoms with E-state index in [0.29, 0.717) is 28.8 Å². The molecule has 0 fully saturated rings. The van der Waals surface area contributed by atoms with Crippen molar-refractivity contribution in [1.29, 1.82) is 0 Å². The number of hydrogen-bond donors (Lipinski definition) is 2. The third kappa shape index (κ3) is 6.87. The SMILES string of the molecule is COc1cccc(NC(=O)C(=O)N/N=C/c2ccc(OCc3ccc(Cl)cc3)cc2)c1. The number of hydrazone groups is 1. The van der Waals surface area contributed by atoms with Gasteiger partial charge in [-0.1, -0.05) is 29.8 Å². The molecular formula is C23H20ClN3O4. The number of ether oxygens (including phenoxy) is 2. The van der Waals surface area contributed by atoms with Gasteiger partial charge in [0.15, 0.2) is 0 Å². The van der Waals surface area contributed by atoms with Gasteiger partial charge in [0.2, 0.25) is 0 Å². The number of hydrogen-bond acceptors (Lipinski definition) is 5. The van der Waals surface area contributed by atoms with Crippen LogP contribution in [0.15, 0.2) is 77.9 Å². The summed E-state index contributed by atoms with van der Waals surface area (Å²) in [4.78, 5) is 23.8. The average Bonchev–Trinajstić information content (AvgIpc) is 2.79. The van der Waals surface area contributed by atoms with E-state index in [0.717, 1.165) is 11.1 Å². The van der Waals surface area contributed by atoms with Gasteiger partial charge in [-0.3, -0.25) is 9.59 Å². The predicted molar refractivity (Wildman–Crippen MR) is 120 cm³/mol. The predicted octanol–water partition coefficient (Wildman–Crippen LogP) is 4.02. The molecule has 0 saturated heterocycles. The smallest absolute Gasteiger partial charge is 0.329 e. The third-order valence-electron chi connectivity index (χ3n) is 4.11. The summed E-state index contributed by atoms with van der Waals surface area (Å²) >= 11 is 5.87. The Morgan fingerprint density at radius 1 is 0.968 bits per heavy atom. The summed E-state index contributed by atoms with van der Waals surface area (Å²) in [6, 6.07) is 21.2. The van der Waals surface area contributed by atoms with Crippen molar-refractivity contribution < 1.29 is 19.1 Å². The zero-order chi connectivity index (χ0) is 22.1. The first-order valence-corrected chi connectivity index (χ1v) is 9.67. The number of methoxy groups -OCH3 is 1. The van der Waals surface area contributed by atoms with E-state index >= 15 is 0 Å². The molecule has 0 aliphatic heterocycles. The summed E-state index contributed by atoms with van der Waals surface area (Å²) in [6.45, 7) is 0.420. The highest BCUT2D eigenvalue weighted by Crippen LogP contribution is 2.17. The van der Waals surface area contributed by atoms with Gasteiger partial charge in [0.1, 0.15) is 18.1 Å². The Morgan fingerprint density at radius 2 is 1.71 bits per heavy atom. The Morgan fingerprint density at radius 3 is 2.42 bits per heavy atom. The molecule has 0 aliphatic carbocycles. The van der Waals surface area contributed by atoms with Gasteiger partial charge < -0.3 is 14.8 Å². The van der Waals surface area contributed by atoms with Crippen molar-refractivity contribution in [3.63, 3.8) is 0 Å². The zero-order valence-electron chi connectivity index (χ0n) is 16.7. The molecular weight excluding hydrogens is 418 g/mol. The van der Waals surface area contributed by atoms with E-state index in [-0.39, 0.29) is 0 Å². The lowest BCUT2D eigenvalue weighted by Gasteiger charge is -2.07. The van der Waals surface area contributed by atoms with Crippen LogP contribution in [0.5, 0.6) is 11.5 Å². The Hall–Kier alpha value is -3.84. The van der Waals surface area contributed by atoms with E-state index in [2.05, 4.69) is 15.8 Å². The van der Waals surface area contributed by atoms with E-state index in [1.807, 2.05) is 24.3 Å². The highest BCUT2D eigenvalue weighted by atomic mass is 35.5. The number of nitrogens with one attached hydrogen (secondary N) is 2. The minimum Gasteiger partial charge on any atom is -0.497 e. The molecule has 3 aromatic carbocycles. The van der Waals surface area contributed by atoms with Gasteiger partial charge in [0.05, 0.1) is 13.3 Å². The molecule has 3 rings (SSSR count). The Labute approximate surface area is 184 Å². The van der Waals surface area contributed by atoms with Crippen molar-refractivity contribution in [2.24, 2.45) is 5.10 Å². The molecule has 3 aromatic rings. The van der Waals surface area contributed by atoms with Crippen molar-refractivity contribution in [2.75, 3.05) is 12.4 Å². The lowest BCUT2D eigenvalue weighted by atomic mass is 10.2. The fraction of sp³-hybridized carbons (Fsp3) is 0.0870. The summed E-state index contributed by atoms with van der Waals surface area (Å²) in [5.41, 5.74) is 4.37. The molecule has 158 valence electrons. The van der Waals surface area contributed by atoms with Gasteiger partial charge in [-0.2, -0.15) is 5.10 Å². The maximum atomic E-state index is 11.9. The second kappa shape index (κ2) is 10.8. The van der Waals surface area contributed by atoms with Crippen LogP contribution in [0.3, 0.4) is 0 Å².